The standard InChI is InChI=1S/C15H17N3O3S/c19-14-10-17(15(20)21)9-13-12(14)8-16-18(13)6-7-22-11-4-2-1-3-5-11/h1-5,8,14,19H,6-7,9-10H2,(H,20,21). The first-order chi connectivity index (χ1) is 10.6. The van der Waals surface area contributed by atoms with E-state index in [-0.39, 0.29) is 13.1 Å². The number of carbonyl (C=O) groups is 1. The number of carboxylic acid groups (broad SMARTS) is 1. The summed E-state index contributed by atoms with van der Waals surface area (Å²) in [7, 11) is 0. The van der Waals surface area contributed by atoms with E-state index in [4.69, 9.17) is 5.11 Å². The molecule has 0 saturated carbocycles. The third kappa shape index (κ3) is 3.10. The number of nitrogens with zero attached hydrogens (tertiary/aromatic N) is 3. The molecule has 6 nitrogen and oxygen atoms in total. The molecule has 0 fully saturated rings. The molecule has 2 aromatic rings. The molecule has 1 unspecified atom stereocenters. The van der Waals surface area contributed by atoms with Crippen molar-refractivity contribution in [1.82, 2.24) is 14.7 Å². The van der Waals surface area contributed by atoms with Gasteiger partial charge in [-0.1, -0.05) is 18.2 Å². The lowest BCUT2D eigenvalue weighted by Gasteiger charge is -2.28. The lowest BCUT2D eigenvalue weighted by Crippen LogP contribution is -2.38. The molecule has 0 bridgehead atoms. The number of aryl methyl sites for hydroxylation is 1. The number of aliphatic hydroxyl groups excluding tert-OH is 1. The van der Waals surface area contributed by atoms with Gasteiger partial charge in [0, 0.05) is 16.2 Å². The second kappa shape index (κ2) is 6.41. The van der Waals surface area contributed by atoms with Crippen LogP contribution in [0.2, 0.25) is 0 Å². The van der Waals surface area contributed by atoms with Gasteiger partial charge < -0.3 is 10.2 Å². The highest BCUT2D eigenvalue weighted by molar-refractivity contribution is 7.99. The van der Waals surface area contributed by atoms with Crippen LogP contribution in [0.1, 0.15) is 17.4 Å². The largest absolute Gasteiger partial charge is 0.465 e. The Morgan fingerprint density at radius 1 is 1.36 bits per heavy atom. The topological polar surface area (TPSA) is 78.6 Å². The fourth-order valence-electron chi connectivity index (χ4n) is 2.53. The summed E-state index contributed by atoms with van der Waals surface area (Å²) in [5, 5.41) is 23.4. The van der Waals surface area contributed by atoms with Crippen molar-refractivity contribution in [3.63, 3.8) is 0 Å². The number of aliphatic hydroxyl groups is 1. The van der Waals surface area contributed by atoms with E-state index in [1.807, 2.05) is 18.2 Å². The summed E-state index contributed by atoms with van der Waals surface area (Å²) in [5.74, 6) is 0.835. The van der Waals surface area contributed by atoms with Gasteiger partial charge in [0.25, 0.3) is 0 Å². The molecule has 2 N–H and O–H groups in total. The maximum Gasteiger partial charge on any atom is 0.407 e. The van der Waals surface area contributed by atoms with Gasteiger partial charge in [-0.05, 0) is 12.1 Å². The summed E-state index contributed by atoms with van der Waals surface area (Å²) in [5.41, 5.74) is 1.53. The molecule has 0 aliphatic carbocycles. The van der Waals surface area contributed by atoms with Gasteiger partial charge in [-0.15, -0.1) is 11.8 Å². The summed E-state index contributed by atoms with van der Waals surface area (Å²) in [4.78, 5) is 13.5. The fourth-order valence-corrected chi connectivity index (χ4v) is 3.38. The third-order valence-electron chi connectivity index (χ3n) is 3.66. The van der Waals surface area contributed by atoms with E-state index in [2.05, 4.69) is 17.2 Å². The molecule has 1 aliphatic heterocycles. The molecule has 2 heterocycles. The number of rotatable bonds is 4. The first-order valence-electron chi connectivity index (χ1n) is 7.03. The average molecular weight is 319 g/mol. The van der Waals surface area contributed by atoms with Crippen LogP contribution in [0.25, 0.3) is 0 Å². The quantitative estimate of drug-likeness (QED) is 0.845. The van der Waals surface area contributed by atoms with Crippen molar-refractivity contribution in [2.24, 2.45) is 0 Å². The lowest BCUT2D eigenvalue weighted by molar-refractivity contribution is 0.0801. The van der Waals surface area contributed by atoms with E-state index in [1.54, 1.807) is 22.6 Å². The molecule has 1 amide bonds. The van der Waals surface area contributed by atoms with E-state index in [0.717, 1.165) is 17.0 Å². The number of fused-ring (bicyclic) bond motifs is 1. The summed E-state index contributed by atoms with van der Waals surface area (Å²) < 4.78 is 1.80. The average Bonchev–Trinajstić information content (AvgIpc) is 2.92. The maximum absolute atomic E-state index is 11.1. The normalized spacial score (nSPS) is 17.3. The minimum absolute atomic E-state index is 0.104. The Morgan fingerprint density at radius 2 is 2.14 bits per heavy atom. The van der Waals surface area contributed by atoms with Crippen molar-refractivity contribution in [2.45, 2.75) is 24.1 Å². The Kier molecular flexibility index (Phi) is 4.35. The smallest absolute Gasteiger partial charge is 0.407 e. The Labute approximate surface area is 132 Å². The van der Waals surface area contributed by atoms with Crippen LogP contribution in [0.15, 0.2) is 41.4 Å². The van der Waals surface area contributed by atoms with Gasteiger partial charge in [0.1, 0.15) is 6.10 Å². The molecule has 1 aromatic carbocycles. The number of hydrogen-bond acceptors (Lipinski definition) is 4. The molecular weight excluding hydrogens is 302 g/mol. The van der Waals surface area contributed by atoms with Crippen LogP contribution in [0, 0.1) is 0 Å². The molecular formula is C15H17N3O3S. The predicted octanol–water partition coefficient (Wildman–Crippen LogP) is 2.20. The summed E-state index contributed by atoms with van der Waals surface area (Å²) in [6.45, 7) is 1.06. The first-order valence-corrected chi connectivity index (χ1v) is 8.02. The zero-order valence-electron chi connectivity index (χ0n) is 11.9. The van der Waals surface area contributed by atoms with E-state index < -0.39 is 12.2 Å². The number of hydrogen-bond donors (Lipinski definition) is 2. The van der Waals surface area contributed by atoms with Crippen LogP contribution in [0.5, 0.6) is 0 Å². The number of β-amino-alcohol motifs (C(OH)–C–C–N with tert-alkyl or cyclic N) is 1. The highest BCUT2D eigenvalue weighted by Crippen LogP contribution is 2.27. The van der Waals surface area contributed by atoms with Crippen molar-refractivity contribution < 1.29 is 15.0 Å². The number of aromatic nitrogens is 2. The Morgan fingerprint density at radius 3 is 2.86 bits per heavy atom. The van der Waals surface area contributed by atoms with Gasteiger partial charge in [-0.25, -0.2) is 4.79 Å². The van der Waals surface area contributed by atoms with Crippen LogP contribution in [0.3, 0.4) is 0 Å². The first kappa shape index (κ1) is 14.9. The van der Waals surface area contributed by atoms with Crippen LogP contribution >= 0.6 is 11.8 Å². The molecule has 1 aliphatic rings. The van der Waals surface area contributed by atoms with Crippen LogP contribution in [-0.2, 0) is 13.1 Å². The summed E-state index contributed by atoms with van der Waals surface area (Å²) in [6.07, 6.45) is -0.168. The summed E-state index contributed by atoms with van der Waals surface area (Å²) >= 11 is 1.72. The number of benzene rings is 1. The molecule has 3 rings (SSSR count). The van der Waals surface area contributed by atoms with Crippen LogP contribution < -0.4 is 0 Å². The molecule has 7 heteroatoms. The van der Waals surface area contributed by atoms with E-state index in [1.165, 1.54) is 9.80 Å². The van der Waals surface area contributed by atoms with Gasteiger partial charge in [0.05, 0.1) is 31.5 Å². The predicted molar refractivity (Wildman–Crippen MR) is 82.8 cm³/mol. The van der Waals surface area contributed by atoms with E-state index in [9.17, 15) is 9.90 Å². The van der Waals surface area contributed by atoms with Gasteiger partial charge in [0.2, 0.25) is 0 Å². The van der Waals surface area contributed by atoms with Crippen molar-refractivity contribution in [3.8, 4) is 0 Å². The highest BCUT2D eigenvalue weighted by Gasteiger charge is 2.29. The SMILES string of the molecule is O=C(O)N1Cc2c(cnn2CCSc2ccccc2)C(O)C1. The van der Waals surface area contributed by atoms with Crippen molar-refractivity contribution in [1.29, 1.82) is 0 Å². The third-order valence-corrected chi connectivity index (χ3v) is 4.65. The zero-order valence-corrected chi connectivity index (χ0v) is 12.7. The number of thioether (sulfide) groups is 1. The molecule has 0 spiro atoms. The Hall–Kier alpha value is -1.99. The van der Waals surface area contributed by atoms with Gasteiger partial charge >= 0.3 is 6.09 Å². The minimum Gasteiger partial charge on any atom is -0.465 e. The minimum atomic E-state index is -1.02. The molecule has 22 heavy (non-hydrogen) atoms. The molecule has 116 valence electrons. The van der Waals surface area contributed by atoms with Gasteiger partial charge in [-0.3, -0.25) is 9.58 Å². The second-order valence-electron chi connectivity index (χ2n) is 5.11. The molecule has 1 atom stereocenters. The lowest BCUT2D eigenvalue weighted by atomic mass is 10.1. The van der Waals surface area contributed by atoms with Crippen molar-refractivity contribution in [2.75, 3.05) is 12.3 Å². The van der Waals surface area contributed by atoms with Crippen LogP contribution in [0.4, 0.5) is 4.79 Å². The molecule has 0 radical (unpaired) electrons. The molecule has 0 saturated heterocycles. The second-order valence-corrected chi connectivity index (χ2v) is 6.28. The maximum atomic E-state index is 11.1. The van der Waals surface area contributed by atoms with E-state index in [0.29, 0.717) is 6.54 Å². The number of amides is 1. The van der Waals surface area contributed by atoms with Crippen molar-refractivity contribution >= 4 is 17.9 Å². The van der Waals surface area contributed by atoms with Crippen molar-refractivity contribution in [3.05, 3.63) is 47.8 Å². The van der Waals surface area contributed by atoms with E-state index >= 15 is 0 Å². The highest BCUT2D eigenvalue weighted by atomic mass is 32.2. The zero-order chi connectivity index (χ0) is 15.5. The Bertz CT molecular complexity index is 659. The fraction of sp³-hybridized carbons (Fsp3) is 0.333. The summed E-state index contributed by atoms with van der Waals surface area (Å²) in [6, 6.07) is 10.1. The Balaban J connectivity index is 1.67. The van der Waals surface area contributed by atoms with Gasteiger partial charge in [-0.2, -0.15) is 5.10 Å². The monoisotopic (exact) mass is 319 g/mol. The van der Waals surface area contributed by atoms with Crippen LogP contribution in [-0.4, -0.2) is 43.3 Å². The van der Waals surface area contributed by atoms with Gasteiger partial charge in [0.15, 0.2) is 0 Å². The molecule has 1 aromatic heterocycles.